The zero-order valence-corrected chi connectivity index (χ0v) is 10.4. The van der Waals surface area contributed by atoms with Crippen molar-refractivity contribution in [3.63, 3.8) is 0 Å². The van der Waals surface area contributed by atoms with Gasteiger partial charge in [-0.2, -0.15) is 0 Å². The summed E-state index contributed by atoms with van der Waals surface area (Å²) in [6.45, 7) is 0.858. The number of ether oxygens (including phenoxy) is 2. The summed E-state index contributed by atoms with van der Waals surface area (Å²) in [6.07, 6.45) is 0.750. The summed E-state index contributed by atoms with van der Waals surface area (Å²) >= 11 is 1.50. The van der Waals surface area contributed by atoms with Crippen LogP contribution in [0.3, 0.4) is 0 Å². The first-order valence-electron chi connectivity index (χ1n) is 5.54. The van der Waals surface area contributed by atoms with E-state index < -0.39 is 0 Å². The molecule has 1 aromatic carbocycles. The van der Waals surface area contributed by atoms with Gasteiger partial charge in [-0.15, -0.1) is 10.2 Å². The van der Waals surface area contributed by atoms with Crippen LogP contribution in [0.5, 0.6) is 11.5 Å². The standard InChI is InChI=1S/C11H12N4O2S/c12-4-3-10-14-15-11(18-10)13-7-1-2-8-9(5-7)17-6-16-8/h1-2,5H,3-4,6,12H2,(H,13,15). The summed E-state index contributed by atoms with van der Waals surface area (Å²) in [4.78, 5) is 0. The number of anilines is 2. The Bertz CT molecular complexity index is 558. The molecular weight excluding hydrogens is 252 g/mol. The van der Waals surface area contributed by atoms with Crippen LogP contribution in [0.25, 0.3) is 0 Å². The van der Waals surface area contributed by atoms with E-state index in [9.17, 15) is 0 Å². The van der Waals surface area contributed by atoms with E-state index in [1.807, 2.05) is 18.2 Å². The van der Waals surface area contributed by atoms with Gasteiger partial charge >= 0.3 is 0 Å². The fraction of sp³-hybridized carbons (Fsp3) is 0.273. The third-order valence-corrected chi connectivity index (χ3v) is 3.35. The van der Waals surface area contributed by atoms with Crippen molar-refractivity contribution in [2.75, 3.05) is 18.7 Å². The zero-order chi connectivity index (χ0) is 12.4. The second-order valence-corrected chi connectivity index (χ2v) is 4.79. The van der Waals surface area contributed by atoms with Crippen LogP contribution in [0.1, 0.15) is 5.01 Å². The highest BCUT2D eigenvalue weighted by Crippen LogP contribution is 2.35. The maximum Gasteiger partial charge on any atom is 0.231 e. The van der Waals surface area contributed by atoms with Crippen molar-refractivity contribution in [1.82, 2.24) is 10.2 Å². The van der Waals surface area contributed by atoms with E-state index in [1.54, 1.807) is 0 Å². The number of nitrogens with two attached hydrogens (primary N) is 1. The lowest BCUT2D eigenvalue weighted by molar-refractivity contribution is 0.174. The van der Waals surface area contributed by atoms with E-state index in [-0.39, 0.29) is 6.79 Å². The first kappa shape index (κ1) is 11.2. The Morgan fingerprint density at radius 2 is 2.17 bits per heavy atom. The highest BCUT2D eigenvalue weighted by molar-refractivity contribution is 7.15. The number of rotatable bonds is 4. The van der Waals surface area contributed by atoms with Crippen LogP contribution < -0.4 is 20.5 Å². The minimum Gasteiger partial charge on any atom is -0.454 e. The third kappa shape index (κ3) is 2.22. The lowest BCUT2D eigenvalue weighted by Crippen LogP contribution is -2.01. The molecule has 3 N–H and O–H groups in total. The number of fused-ring (bicyclic) bond motifs is 1. The monoisotopic (exact) mass is 264 g/mol. The maximum atomic E-state index is 5.47. The van der Waals surface area contributed by atoms with E-state index in [1.165, 1.54) is 11.3 Å². The van der Waals surface area contributed by atoms with Crippen LogP contribution in [0.2, 0.25) is 0 Å². The van der Waals surface area contributed by atoms with E-state index >= 15 is 0 Å². The van der Waals surface area contributed by atoms with Gasteiger partial charge in [-0.3, -0.25) is 0 Å². The molecule has 1 aromatic heterocycles. The molecule has 0 atom stereocenters. The molecule has 2 heterocycles. The summed E-state index contributed by atoms with van der Waals surface area (Å²) < 4.78 is 10.6. The van der Waals surface area contributed by atoms with Gasteiger partial charge in [-0.25, -0.2) is 0 Å². The molecule has 0 saturated carbocycles. The van der Waals surface area contributed by atoms with E-state index in [0.29, 0.717) is 6.54 Å². The number of hydrogen-bond acceptors (Lipinski definition) is 7. The molecular formula is C11H12N4O2S. The van der Waals surface area contributed by atoms with Crippen molar-refractivity contribution in [2.45, 2.75) is 6.42 Å². The fourth-order valence-electron chi connectivity index (χ4n) is 1.63. The highest BCUT2D eigenvalue weighted by atomic mass is 32.1. The molecule has 7 heteroatoms. The minimum atomic E-state index is 0.276. The Kier molecular flexibility index (Phi) is 2.99. The molecule has 0 spiro atoms. The Morgan fingerprint density at radius 3 is 3.06 bits per heavy atom. The van der Waals surface area contributed by atoms with Crippen molar-refractivity contribution in [2.24, 2.45) is 5.73 Å². The van der Waals surface area contributed by atoms with Gasteiger partial charge in [0.2, 0.25) is 11.9 Å². The van der Waals surface area contributed by atoms with Gasteiger partial charge in [0.25, 0.3) is 0 Å². The third-order valence-electron chi connectivity index (χ3n) is 2.45. The molecule has 0 bridgehead atoms. The molecule has 0 unspecified atom stereocenters. The lowest BCUT2D eigenvalue weighted by Gasteiger charge is -2.02. The minimum absolute atomic E-state index is 0.276. The average molecular weight is 264 g/mol. The van der Waals surface area contributed by atoms with E-state index in [2.05, 4.69) is 15.5 Å². The van der Waals surface area contributed by atoms with Gasteiger partial charge in [0.05, 0.1) is 0 Å². The molecule has 0 aliphatic carbocycles. The molecule has 1 aliphatic rings. The van der Waals surface area contributed by atoms with Crippen LogP contribution in [0, 0.1) is 0 Å². The molecule has 0 radical (unpaired) electrons. The molecule has 0 saturated heterocycles. The van der Waals surface area contributed by atoms with Crippen LogP contribution in [-0.2, 0) is 6.42 Å². The smallest absolute Gasteiger partial charge is 0.231 e. The molecule has 0 amide bonds. The van der Waals surface area contributed by atoms with Crippen LogP contribution in [0.4, 0.5) is 10.8 Å². The molecule has 1 aliphatic heterocycles. The average Bonchev–Trinajstić information content (AvgIpc) is 2.98. The highest BCUT2D eigenvalue weighted by Gasteiger charge is 2.13. The molecule has 0 fully saturated rings. The summed E-state index contributed by atoms with van der Waals surface area (Å²) in [5, 5.41) is 13.0. The SMILES string of the molecule is NCCc1nnc(Nc2ccc3c(c2)OCO3)s1. The van der Waals surface area contributed by atoms with Crippen molar-refractivity contribution >= 4 is 22.2 Å². The normalized spacial score (nSPS) is 12.7. The van der Waals surface area contributed by atoms with Crippen molar-refractivity contribution in [3.05, 3.63) is 23.2 Å². The van der Waals surface area contributed by atoms with Gasteiger partial charge < -0.3 is 20.5 Å². The number of aromatic nitrogens is 2. The number of hydrogen-bond donors (Lipinski definition) is 2. The topological polar surface area (TPSA) is 82.3 Å². The van der Waals surface area contributed by atoms with Crippen molar-refractivity contribution < 1.29 is 9.47 Å². The fourth-order valence-corrected chi connectivity index (χ4v) is 2.40. The summed E-state index contributed by atoms with van der Waals surface area (Å²) in [7, 11) is 0. The molecule has 94 valence electrons. The summed E-state index contributed by atoms with van der Waals surface area (Å²) in [6, 6.07) is 5.66. The van der Waals surface area contributed by atoms with E-state index in [0.717, 1.165) is 33.7 Å². The van der Waals surface area contributed by atoms with Gasteiger partial charge in [-0.05, 0) is 18.7 Å². The first-order valence-corrected chi connectivity index (χ1v) is 6.36. The van der Waals surface area contributed by atoms with Crippen molar-refractivity contribution in [3.8, 4) is 11.5 Å². The second-order valence-electron chi connectivity index (χ2n) is 3.73. The first-order chi connectivity index (χ1) is 8.85. The van der Waals surface area contributed by atoms with Gasteiger partial charge in [-0.1, -0.05) is 11.3 Å². The van der Waals surface area contributed by atoms with Crippen molar-refractivity contribution in [1.29, 1.82) is 0 Å². The van der Waals surface area contributed by atoms with Gasteiger partial charge in [0.15, 0.2) is 11.5 Å². The molecule has 2 aromatic rings. The number of nitrogens with zero attached hydrogens (tertiary/aromatic N) is 2. The van der Waals surface area contributed by atoms with Crippen LogP contribution >= 0.6 is 11.3 Å². The quantitative estimate of drug-likeness (QED) is 0.871. The van der Waals surface area contributed by atoms with Gasteiger partial charge in [0, 0.05) is 18.2 Å². The summed E-state index contributed by atoms with van der Waals surface area (Å²) in [5.41, 5.74) is 6.37. The number of benzene rings is 1. The van der Waals surface area contributed by atoms with Gasteiger partial charge in [0.1, 0.15) is 5.01 Å². The predicted molar refractivity (Wildman–Crippen MR) is 68.5 cm³/mol. The molecule has 3 rings (SSSR count). The Labute approximate surface area is 108 Å². The molecule has 6 nitrogen and oxygen atoms in total. The Balaban J connectivity index is 1.75. The largest absolute Gasteiger partial charge is 0.454 e. The number of nitrogens with one attached hydrogen (secondary N) is 1. The summed E-state index contributed by atoms with van der Waals surface area (Å²) in [5.74, 6) is 1.51. The van der Waals surface area contributed by atoms with Crippen LogP contribution in [0.15, 0.2) is 18.2 Å². The van der Waals surface area contributed by atoms with Crippen LogP contribution in [-0.4, -0.2) is 23.5 Å². The lowest BCUT2D eigenvalue weighted by atomic mass is 10.3. The maximum absolute atomic E-state index is 5.47. The Hall–Kier alpha value is -1.86. The predicted octanol–water partition coefficient (Wildman–Crippen LogP) is 1.51. The zero-order valence-electron chi connectivity index (χ0n) is 9.55. The second kappa shape index (κ2) is 4.79. The van der Waals surface area contributed by atoms with E-state index in [4.69, 9.17) is 15.2 Å². The molecule has 18 heavy (non-hydrogen) atoms. The Morgan fingerprint density at radius 1 is 1.28 bits per heavy atom.